The first-order chi connectivity index (χ1) is 53.1. The van der Waals surface area contributed by atoms with Crippen LogP contribution in [0.5, 0.6) is 17.2 Å². The molecule has 24 nitrogen and oxygen atoms in total. The molecule has 102 heavy (non-hydrogen) atoms. The Bertz CT molecular complexity index is 4790. The number of rotatable bonds is 18. The number of benzene rings is 6. The number of nitrogens with zero attached hydrogens (tertiary/aromatic N) is 6. The predicted molar refractivity (Wildman–Crippen MR) is 371 cm³/mol. The highest BCUT2D eigenvalue weighted by Gasteiger charge is 2.43. The molecular weight excluding hydrogens is 1300 g/mol. The van der Waals surface area contributed by atoms with Gasteiger partial charge in [-0.25, -0.2) is 0 Å². The Hall–Kier alpha value is -11.0. The van der Waals surface area contributed by atoms with Crippen LogP contribution in [0, 0.1) is 0 Å². The number of carbonyl (C=O) groups is 9. The zero-order chi connectivity index (χ0) is 78.9. The lowest BCUT2D eigenvalue weighted by Crippen LogP contribution is -2.49. The van der Waals surface area contributed by atoms with Gasteiger partial charge in [0.05, 0.1) is 51.8 Å². The van der Waals surface area contributed by atoms with Crippen molar-refractivity contribution in [3.05, 3.63) is 231 Å². The predicted octanol–water partition coefficient (Wildman–Crippen LogP) is 7.12. The van der Waals surface area contributed by atoms with Crippen LogP contribution in [0.4, 0.5) is 0 Å². The van der Waals surface area contributed by atoms with Gasteiger partial charge in [0.15, 0.2) is 0 Å². The summed E-state index contributed by atoms with van der Waals surface area (Å²) >= 11 is 0. The van der Waals surface area contributed by atoms with E-state index in [-0.39, 0.29) is 174 Å². The van der Waals surface area contributed by atoms with Crippen LogP contribution in [0.25, 0.3) is 0 Å². The average molecular weight is 1390 g/mol. The number of allylic oxidation sites excluding steroid dienone is 3. The fraction of sp³-hybridized carbons (Fsp3) is 0.346. The number of hydrogen-bond donors (Lipinski definition) is 3. The van der Waals surface area contributed by atoms with Crippen LogP contribution in [0.3, 0.4) is 0 Å². The number of carbonyl (C=O) groups excluding carboxylic acids is 9. The molecule has 528 valence electrons. The molecule has 0 saturated carbocycles. The highest BCUT2D eigenvalue weighted by Crippen LogP contribution is 2.38. The van der Waals surface area contributed by atoms with Gasteiger partial charge >= 0.3 is 0 Å². The number of nitrogens with one attached hydrogen (secondary N) is 3. The van der Waals surface area contributed by atoms with Gasteiger partial charge in [0.25, 0.3) is 17.7 Å². The van der Waals surface area contributed by atoms with E-state index in [1.165, 1.54) is 40.1 Å². The first-order valence-corrected chi connectivity index (χ1v) is 33.6. The van der Waals surface area contributed by atoms with Gasteiger partial charge in [-0.2, -0.15) is 0 Å². The maximum atomic E-state index is 13.1. The molecule has 9 heterocycles. The van der Waals surface area contributed by atoms with Gasteiger partial charge in [-0.3, -0.25) is 43.2 Å². The van der Waals surface area contributed by atoms with E-state index in [1.807, 2.05) is 0 Å². The second kappa shape index (κ2) is 31.3. The summed E-state index contributed by atoms with van der Waals surface area (Å²) in [4.78, 5) is 121. The number of fused-ring (bicyclic) bond motifs is 3. The van der Waals surface area contributed by atoms with Crippen LogP contribution in [-0.2, 0) is 102 Å². The van der Waals surface area contributed by atoms with E-state index in [4.69, 9.17) is 40.8 Å². The van der Waals surface area contributed by atoms with E-state index < -0.39 is 43.6 Å². The van der Waals surface area contributed by atoms with Crippen molar-refractivity contribution < 1.29 is 83.9 Å². The Morgan fingerprint density at radius 3 is 1.16 bits per heavy atom. The molecular formula is C78H81N9O15. The minimum atomic E-state index is -2.07. The van der Waals surface area contributed by atoms with Gasteiger partial charge in [0, 0.05) is 89.6 Å². The molecule has 0 bridgehead atoms. The largest absolute Gasteiger partial charge is 0.489 e. The molecule has 24 heteroatoms. The molecule has 6 fully saturated rings. The molecule has 0 aliphatic carbocycles. The van der Waals surface area contributed by atoms with E-state index in [1.54, 1.807) is 81.4 Å². The molecule has 6 saturated heterocycles. The molecule has 0 aromatic heterocycles. The van der Waals surface area contributed by atoms with Gasteiger partial charge in [-0.05, 0) is 108 Å². The number of ether oxygens (including phenoxy) is 6. The van der Waals surface area contributed by atoms with Crippen LogP contribution in [0.1, 0.15) is 132 Å². The second-order valence-corrected chi connectivity index (χ2v) is 25.4. The topological polar surface area (TPSA) is 265 Å². The third-order valence-corrected chi connectivity index (χ3v) is 18.5. The summed E-state index contributed by atoms with van der Waals surface area (Å²) in [5.41, 5.74) is 7.56. The second-order valence-electron chi connectivity index (χ2n) is 25.4. The Labute approximate surface area is 603 Å². The van der Waals surface area contributed by atoms with Gasteiger partial charge < -0.3 is 73.8 Å². The van der Waals surface area contributed by atoms with E-state index >= 15 is 0 Å². The number of amides is 9. The highest BCUT2D eigenvalue weighted by molar-refractivity contribution is 6.04. The van der Waals surface area contributed by atoms with Crippen LogP contribution < -0.4 is 30.2 Å². The van der Waals surface area contributed by atoms with E-state index in [2.05, 4.69) is 35.7 Å². The summed E-state index contributed by atoms with van der Waals surface area (Å²) < 4.78 is 109. The molecule has 9 aliphatic rings. The summed E-state index contributed by atoms with van der Waals surface area (Å²) in [7, 11) is 0. The molecule has 3 N–H and O–H groups in total. The van der Waals surface area contributed by atoms with Crippen LogP contribution >= 0.6 is 0 Å². The summed E-state index contributed by atoms with van der Waals surface area (Å²) in [6, 6.07) is 24.4. The fourth-order valence-electron chi connectivity index (χ4n) is 13.0. The standard InChI is InChI=1S/3C26H27N3O5/c3*1-17-5-10-22(25(31)27-17)29-14-21-20(26(29)32)3-2-4-23(21)34-15-19-8-6-18(7-9-19)13-28-11-12-33-16-24(28)30/h3*2-4,6-9,22H,1,5,10-16H2,(H,27,31)/i8D,9D,13D;6D,7D,13D;8D,13D2. The van der Waals surface area contributed by atoms with Gasteiger partial charge in [0.1, 0.15) is 75.0 Å². The molecule has 0 radical (unpaired) electrons. The quantitative estimate of drug-likeness (QED) is 0.0774. The van der Waals surface area contributed by atoms with Crippen molar-refractivity contribution in [2.45, 2.75) is 116 Å². The van der Waals surface area contributed by atoms with E-state index in [0.29, 0.717) is 142 Å². The third-order valence-electron chi connectivity index (χ3n) is 18.5. The van der Waals surface area contributed by atoms with Crippen LogP contribution in [0.15, 0.2) is 164 Å². The summed E-state index contributed by atoms with van der Waals surface area (Å²) in [5.74, 6) is -1.04. The minimum absolute atomic E-state index is 0.0186. The van der Waals surface area contributed by atoms with Gasteiger partial charge in [-0.15, -0.1) is 0 Å². The zero-order valence-electron chi connectivity index (χ0n) is 64.9. The molecule has 5 unspecified atom stereocenters. The molecule has 6 aromatic rings. The van der Waals surface area contributed by atoms with Crippen molar-refractivity contribution in [2.75, 3.05) is 59.3 Å². The van der Waals surface area contributed by atoms with Crippen molar-refractivity contribution in [1.29, 1.82) is 0 Å². The summed E-state index contributed by atoms with van der Waals surface area (Å²) in [6.07, 6.45) is 3.36. The number of morpholine rings is 3. The zero-order valence-corrected chi connectivity index (χ0v) is 55.9. The minimum Gasteiger partial charge on any atom is -0.489 e. The molecule has 6 aromatic carbocycles. The maximum absolute atomic E-state index is 13.1. The van der Waals surface area contributed by atoms with Crippen molar-refractivity contribution >= 4 is 53.2 Å². The first-order valence-electron chi connectivity index (χ1n) is 38.2. The van der Waals surface area contributed by atoms with Crippen molar-refractivity contribution in [3.63, 3.8) is 0 Å². The Morgan fingerprint density at radius 1 is 0.412 bits per heavy atom. The number of hydrogen-bond acceptors (Lipinski definition) is 15. The van der Waals surface area contributed by atoms with Crippen molar-refractivity contribution in [1.82, 2.24) is 45.3 Å². The van der Waals surface area contributed by atoms with E-state index in [9.17, 15) is 43.2 Å². The molecule has 9 amide bonds. The molecule has 0 spiro atoms. The maximum Gasteiger partial charge on any atom is 0.255 e. The molecule has 5 atom stereocenters. The van der Waals surface area contributed by atoms with Crippen molar-refractivity contribution in [2.24, 2.45) is 0 Å². The summed E-state index contributed by atoms with van der Waals surface area (Å²) in [6.45, 7) is 9.06. The van der Waals surface area contributed by atoms with Crippen LogP contribution in [0.2, 0.25) is 0 Å². The molecule has 15 rings (SSSR count). The highest BCUT2D eigenvalue weighted by atomic mass is 16.5. The van der Waals surface area contributed by atoms with Crippen LogP contribution in [-0.4, -0.2) is 160 Å². The smallest absolute Gasteiger partial charge is 0.255 e. The van der Waals surface area contributed by atoms with E-state index in [0.717, 1.165) is 4.90 Å². The Morgan fingerprint density at radius 2 is 0.755 bits per heavy atom. The third kappa shape index (κ3) is 15.9. The molecule has 9 aliphatic heterocycles. The van der Waals surface area contributed by atoms with Crippen molar-refractivity contribution in [3.8, 4) is 17.2 Å². The Kier molecular flexibility index (Phi) is 18.0. The lowest BCUT2D eigenvalue weighted by molar-refractivity contribution is -0.144. The summed E-state index contributed by atoms with van der Waals surface area (Å²) in [5, 5.41) is 8.17. The average Bonchev–Trinajstić information content (AvgIpc) is 1.73. The monoisotopic (exact) mass is 1390 g/mol. The lowest BCUT2D eigenvalue weighted by atomic mass is 10.0. The first kappa shape index (κ1) is 58.8. The van der Waals surface area contributed by atoms with Gasteiger partial charge in [0.2, 0.25) is 35.4 Å². The number of piperidine rings is 3. The Balaban J connectivity index is 0.000000146. The van der Waals surface area contributed by atoms with Gasteiger partial charge in [-0.1, -0.05) is 111 Å². The SMILES string of the molecule is [2H]c1cc(C([2H])([2H])N2CCOCC2=O)ccc1COc1cccc2c1CN(C1CCC(=C)NC1=O)C2=O.[2H]c1cc(C([2H])N2CCOCC2=O)cc([2H])c1COc1cccc2c1CN(C1CCC(=C)NC1=O)C2=O.[2H]c1cc(COc2cccc3c2CN(C2CCC(=C)NC2=O)C3=O)cc([2H])c1C([2H])N1CCOCC1=O. The normalized spacial score (nSPS) is 22.4. The lowest BCUT2D eigenvalue weighted by Gasteiger charge is -2.31. The fourth-order valence-corrected chi connectivity index (χ4v) is 13.0.